The Morgan fingerprint density at radius 2 is 1.97 bits per heavy atom. The Labute approximate surface area is 193 Å². The van der Waals surface area contributed by atoms with Crippen molar-refractivity contribution < 1.29 is 22.7 Å². The minimum atomic E-state index is -3.49. The molecule has 0 N–H and O–H groups in total. The lowest BCUT2D eigenvalue weighted by molar-refractivity contribution is -0.141. The van der Waals surface area contributed by atoms with Crippen LogP contribution < -0.4 is 4.90 Å². The van der Waals surface area contributed by atoms with Crippen LogP contribution in [0.2, 0.25) is 5.02 Å². The first kappa shape index (κ1) is 24.3. The zero-order chi connectivity index (χ0) is 23.3. The summed E-state index contributed by atoms with van der Waals surface area (Å²) in [6.07, 6.45) is 8.65. The fourth-order valence-corrected chi connectivity index (χ4v) is 5.27. The fraction of sp³-hybridized carbons (Fsp3) is 0.500. The van der Waals surface area contributed by atoms with E-state index in [1.54, 1.807) is 23.0 Å². The maximum Gasteiger partial charge on any atom is 0.302 e. The maximum absolute atomic E-state index is 13.3. The minimum Gasteiger partial charge on any atom is -0.464 e. The van der Waals surface area contributed by atoms with Gasteiger partial charge in [-0.05, 0) is 30.5 Å². The Morgan fingerprint density at radius 3 is 2.59 bits per heavy atom. The fourth-order valence-electron chi connectivity index (χ4n) is 3.95. The summed E-state index contributed by atoms with van der Waals surface area (Å²) in [5.41, 5.74) is 0.448. The standard InChI is InChI=1S/C22H28ClN3O5S/c1-16(27)31-14-13-25-12-11-21(24-25)26(22(28)10-7-17-5-3-4-6-17)18-8-9-20(19(23)15-18)32(2,29)30/h8-9,11-12,15,17H,3-7,10,13-14H2,1-2H3. The number of hydrogen-bond donors (Lipinski definition) is 0. The van der Waals surface area contributed by atoms with Gasteiger partial charge in [0.1, 0.15) is 6.61 Å². The first-order valence-electron chi connectivity index (χ1n) is 10.6. The Bertz CT molecular complexity index is 1080. The summed E-state index contributed by atoms with van der Waals surface area (Å²) < 4.78 is 30.4. The van der Waals surface area contributed by atoms with E-state index in [9.17, 15) is 18.0 Å². The number of carbonyl (C=O) groups excluding carboxylic acids is 2. The largest absolute Gasteiger partial charge is 0.464 e. The van der Waals surface area contributed by atoms with Crippen LogP contribution in [0.25, 0.3) is 0 Å². The van der Waals surface area contributed by atoms with Crippen molar-refractivity contribution in [2.45, 2.75) is 56.9 Å². The minimum absolute atomic E-state index is 0.00758. The first-order chi connectivity index (χ1) is 15.1. The van der Waals surface area contributed by atoms with Crippen molar-refractivity contribution in [1.29, 1.82) is 0 Å². The third kappa shape index (κ3) is 6.32. The van der Waals surface area contributed by atoms with Crippen LogP contribution in [0.15, 0.2) is 35.4 Å². The molecule has 1 saturated carbocycles. The lowest BCUT2D eigenvalue weighted by Crippen LogP contribution is -2.27. The number of rotatable bonds is 9. The zero-order valence-electron chi connectivity index (χ0n) is 18.3. The molecule has 2 aromatic rings. The van der Waals surface area contributed by atoms with Gasteiger partial charge in [0.25, 0.3) is 0 Å². The summed E-state index contributed by atoms with van der Waals surface area (Å²) in [4.78, 5) is 25.7. The van der Waals surface area contributed by atoms with Gasteiger partial charge >= 0.3 is 5.97 Å². The average Bonchev–Trinajstić information content (AvgIpc) is 3.38. The molecule has 174 valence electrons. The molecule has 1 aromatic heterocycles. The number of amides is 1. The van der Waals surface area contributed by atoms with Gasteiger partial charge in [-0.3, -0.25) is 19.2 Å². The molecule has 1 amide bonds. The quantitative estimate of drug-likeness (QED) is 0.499. The lowest BCUT2D eigenvalue weighted by Gasteiger charge is -2.22. The third-order valence-electron chi connectivity index (χ3n) is 5.55. The van der Waals surface area contributed by atoms with E-state index in [1.807, 2.05) is 0 Å². The highest BCUT2D eigenvalue weighted by molar-refractivity contribution is 7.90. The molecule has 1 aromatic carbocycles. The predicted octanol–water partition coefficient (Wildman–Crippen LogP) is 4.14. The van der Waals surface area contributed by atoms with Crippen molar-refractivity contribution in [3.05, 3.63) is 35.5 Å². The number of nitrogens with zero attached hydrogens (tertiary/aromatic N) is 3. The van der Waals surface area contributed by atoms with E-state index < -0.39 is 9.84 Å². The molecule has 32 heavy (non-hydrogen) atoms. The van der Waals surface area contributed by atoms with Gasteiger partial charge in [-0.1, -0.05) is 37.3 Å². The van der Waals surface area contributed by atoms with E-state index in [4.69, 9.17) is 16.3 Å². The zero-order valence-corrected chi connectivity index (χ0v) is 19.9. The molecule has 0 unspecified atom stereocenters. The Hall–Kier alpha value is -2.39. The second-order valence-corrected chi connectivity index (χ2v) is 10.5. The number of esters is 1. The highest BCUT2D eigenvalue weighted by Crippen LogP contribution is 2.33. The van der Waals surface area contributed by atoms with E-state index in [-0.39, 0.29) is 28.4 Å². The molecule has 0 radical (unpaired) electrons. The topological polar surface area (TPSA) is 98.6 Å². The summed E-state index contributed by atoms with van der Waals surface area (Å²) in [6.45, 7) is 1.85. The molecule has 0 spiro atoms. The summed E-state index contributed by atoms with van der Waals surface area (Å²) in [7, 11) is -3.49. The molecular weight excluding hydrogens is 454 g/mol. The number of hydrogen-bond acceptors (Lipinski definition) is 6. The molecule has 1 aliphatic carbocycles. The maximum atomic E-state index is 13.3. The Balaban J connectivity index is 1.86. The van der Waals surface area contributed by atoms with Gasteiger partial charge in [-0.25, -0.2) is 8.42 Å². The molecule has 10 heteroatoms. The summed E-state index contributed by atoms with van der Waals surface area (Å²) in [6, 6.07) is 6.14. The van der Waals surface area contributed by atoms with Gasteiger partial charge in [-0.2, -0.15) is 5.10 Å². The average molecular weight is 482 g/mol. The van der Waals surface area contributed by atoms with Gasteiger partial charge in [0.15, 0.2) is 15.7 Å². The highest BCUT2D eigenvalue weighted by Gasteiger charge is 2.24. The van der Waals surface area contributed by atoms with Crippen LogP contribution in [0.4, 0.5) is 11.5 Å². The van der Waals surface area contributed by atoms with Crippen LogP contribution in [0, 0.1) is 5.92 Å². The Kier molecular flexibility index (Phi) is 7.95. The van der Waals surface area contributed by atoms with Crippen LogP contribution in [0.1, 0.15) is 45.4 Å². The molecular formula is C22H28ClN3O5S. The van der Waals surface area contributed by atoms with E-state index in [0.717, 1.165) is 25.5 Å². The van der Waals surface area contributed by atoms with E-state index in [0.29, 0.717) is 30.4 Å². The second kappa shape index (κ2) is 10.5. The first-order valence-corrected chi connectivity index (χ1v) is 12.9. The summed E-state index contributed by atoms with van der Waals surface area (Å²) >= 11 is 6.24. The van der Waals surface area contributed by atoms with Gasteiger partial charge in [0.2, 0.25) is 5.91 Å². The van der Waals surface area contributed by atoms with Crippen molar-refractivity contribution in [2.24, 2.45) is 5.92 Å². The van der Waals surface area contributed by atoms with Crippen LogP contribution in [-0.2, 0) is 30.7 Å². The SMILES string of the molecule is CC(=O)OCCn1ccc(N(C(=O)CCC2CCCC2)c2ccc(S(C)(=O)=O)c(Cl)c2)n1. The third-order valence-corrected chi connectivity index (χ3v) is 7.12. The normalized spacial score (nSPS) is 14.5. The van der Waals surface area contributed by atoms with Gasteiger partial charge in [-0.15, -0.1) is 0 Å². The van der Waals surface area contributed by atoms with E-state index in [2.05, 4.69) is 5.10 Å². The molecule has 8 nitrogen and oxygen atoms in total. The van der Waals surface area contributed by atoms with Crippen LogP contribution in [0.5, 0.6) is 0 Å². The van der Waals surface area contributed by atoms with Crippen molar-refractivity contribution >= 4 is 44.8 Å². The number of ether oxygens (including phenoxy) is 1. The molecule has 0 aliphatic heterocycles. The monoisotopic (exact) mass is 481 g/mol. The number of sulfone groups is 1. The second-order valence-electron chi connectivity index (χ2n) is 8.08. The number of benzene rings is 1. The molecule has 1 fully saturated rings. The van der Waals surface area contributed by atoms with Crippen molar-refractivity contribution in [3.8, 4) is 0 Å². The van der Waals surface area contributed by atoms with E-state index in [1.165, 1.54) is 36.8 Å². The summed E-state index contributed by atoms with van der Waals surface area (Å²) in [5.74, 6) is 0.442. The molecule has 0 saturated heterocycles. The Morgan fingerprint density at radius 1 is 1.25 bits per heavy atom. The van der Waals surface area contributed by atoms with Gasteiger partial charge in [0.05, 0.1) is 22.2 Å². The lowest BCUT2D eigenvalue weighted by atomic mass is 10.0. The number of aromatic nitrogens is 2. The van der Waals surface area contributed by atoms with Crippen LogP contribution in [-0.4, -0.2) is 42.9 Å². The van der Waals surface area contributed by atoms with Crippen molar-refractivity contribution in [1.82, 2.24) is 9.78 Å². The van der Waals surface area contributed by atoms with Crippen molar-refractivity contribution in [3.63, 3.8) is 0 Å². The predicted molar refractivity (Wildman–Crippen MR) is 122 cm³/mol. The van der Waals surface area contributed by atoms with Crippen LogP contribution >= 0.6 is 11.6 Å². The summed E-state index contributed by atoms with van der Waals surface area (Å²) in [5, 5.41) is 4.50. The molecule has 0 bridgehead atoms. The van der Waals surface area contributed by atoms with E-state index >= 15 is 0 Å². The highest BCUT2D eigenvalue weighted by atomic mass is 35.5. The molecule has 3 rings (SSSR count). The molecule has 0 atom stereocenters. The van der Waals surface area contributed by atoms with Crippen molar-refractivity contribution in [2.75, 3.05) is 17.8 Å². The molecule has 1 aliphatic rings. The van der Waals surface area contributed by atoms with Gasteiger partial charge in [0, 0.05) is 31.9 Å². The number of carbonyl (C=O) groups is 2. The van der Waals surface area contributed by atoms with Gasteiger partial charge < -0.3 is 4.74 Å². The molecule has 1 heterocycles. The number of halogens is 1. The number of anilines is 2. The smallest absolute Gasteiger partial charge is 0.302 e. The van der Waals surface area contributed by atoms with Crippen LogP contribution in [0.3, 0.4) is 0 Å².